The van der Waals surface area contributed by atoms with E-state index in [0.717, 1.165) is 6.42 Å². The Labute approximate surface area is 157 Å². The summed E-state index contributed by atoms with van der Waals surface area (Å²) in [6.45, 7) is 7.87. The Morgan fingerprint density at radius 3 is 1.68 bits per heavy atom. The molecule has 0 aromatic heterocycles. The lowest BCUT2D eigenvalue weighted by molar-refractivity contribution is -0.121. The summed E-state index contributed by atoms with van der Waals surface area (Å²) in [6, 6.07) is 0. The van der Waals surface area contributed by atoms with Crippen LogP contribution in [0.2, 0.25) is 0 Å². The molecule has 25 heavy (non-hydrogen) atoms. The molecule has 1 amide bonds. The molecule has 0 fully saturated rings. The summed E-state index contributed by atoms with van der Waals surface area (Å²) < 4.78 is 5.17. The Bertz CT molecular complexity index is 302. The van der Waals surface area contributed by atoms with E-state index in [9.17, 15) is 4.79 Å². The first-order chi connectivity index (χ1) is 12.0. The monoisotopic (exact) mass is 355 g/mol. The summed E-state index contributed by atoms with van der Waals surface area (Å²) in [6.07, 6.45) is 18.1. The van der Waals surface area contributed by atoms with E-state index in [4.69, 9.17) is 4.74 Å². The molecule has 0 spiro atoms. The van der Waals surface area contributed by atoms with Gasteiger partial charge in [-0.1, -0.05) is 97.8 Å². The molecule has 1 N–H and O–H groups in total. The van der Waals surface area contributed by atoms with Crippen molar-refractivity contribution in [1.29, 1.82) is 0 Å². The van der Waals surface area contributed by atoms with Gasteiger partial charge in [0.1, 0.15) is 0 Å². The second-order valence-electron chi connectivity index (χ2n) is 8.37. The third-order valence-electron chi connectivity index (χ3n) is 4.81. The van der Waals surface area contributed by atoms with Gasteiger partial charge in [-0.3, -0.25) is 4.79 Å². The van der Waals surface area contributed by atoms with Crippen LogP contribution in [0.15, 0.2) is 0 Å². The maximum atomic E-state index is 11.8. The zero-order valence-electron chi connectivity index (χ0n) is 17.6. The molecule has 0 unspecified atom stereocenters. The van der Waals surface area contributed by atoms with Crippen LogP contribution < -0.4 is 5.32 Å². The lowest BCUT2D eigenvalue weighted by Crippen LogP contribution is -2.36. The first kappa shape index (κ1) is 24.4. The molecule has 0 aromatic rings. The predicted molar refractivity (Wildman–Crippen MR) is 109 cm³/mol. The van der Waals surface area contributed by atoms with Crippen LogP contribution in [0, 0.1) is 5.41 Å². The second-order valence-corrected chi connectivity index (χ2v) is 8.37. The van der Waals surface area contributed by atoms with Crippen molar-refractivity contribution in [2.45, 2.75) is 111 Å². The largest absolute Gasteiger partial charge is 0.384 e. The van der Waals surface area contributed by atoms with Crippen LogP contribution in [0.4, 0.5) is 0 Å². The van der Waals surface area contributed by atoms with E-state index >= 15 is 0 Å². The van der Waals surface area contributed by atoms with Gasteiger partial charge in [-0.2, -0.15) is 0 Å². The van der Waals surface area contributed by atoms with Gasteiger partial charge >= 0.3 is 0 Å². The molecule has 0 atom stereocenters. The Kier molecular flexibility index (Phi) is 16.5. The molecular formula is C22H45NO2. The Morgan fingerprint density at radius 1 is 0.800 bits per heavy atom. The van der Waals surface area contributed by atoms with Crippen molar-refractivity contribution in [2.24, 2.45) is 5.41 Å². The number of methoxy groups -OCH3 is 1. The number of unbranched alkanes of at least 4 members (excludes halogenated alkanes) is 12. The smallest absolute Gasteiger partial charge is 0.220 e. The quantitative estimate of drug-likeness (QED) is 0.295. The molecule has 0 bridgehead atoms. The molecule has 0 rings (SSSR count). The van der Waals surface area contributed by atoms with Gasteiger partial charge in [-0.15, -0.1) is 0 Å². The molecule has 0 aliphatic carbocycles. The van der Waals surface area contributed by atoms with E-state index in [1.165, 1.54) is 77.0 Å². The number of rotatable bonds is 18. The molecule has 0 saturated carbocycles. The molecule has 150 valence electrons. The third kappa shape index (κ3) is 18.0. The zero-order valence-corrected chi connectivity index (χ0v) is 17.6. The van der Waals surface area contributed by atoms with Gasteiger partial charge in [0.25, 0.3) is 0 Å². The molecule has 3 heteroatoms. The minimum absolute atomic E-state index is 0.0143. The molecular weight excluding hydrogens is 310 g/mol. The number of nitrogens with one attached hydrogen (secondary N) is 1. The molecule has 0 radical (unpaired) electrons. The van der Waals surface area contributed by atoms with Crippen LogP contribution in [-0.4, -0.2) is 26.2 Å². The van der Waals surface area contributed by atoms with E-state index in [2.05, 4.69) is 26.1 Å². The van der Waals surface area contributed by atoms with Crippen molar-refractivity contribution in [2.75, 3.05) is 20.3 Å². The van der Waals surface area contributed by atoms with Gasteiger partial charge in [0, 0.05) is 25.5 Å². The van der Waals surface area contributed by atoms with E-state index in [1.54, 1.807) is 7.11 Å². The lowest BCUT2D eigenvalue weighted by Gasteiger charge is -2.23. The highest BCUT2D eigenvalue weighted by Gasteiger charge is 2.18. The molecule has 0 aliphatic heterocycles. The third-order valence-corrected chi connectivity index (χ3v) is 4.81. The first-order valence-corrected chi connectivity index (χ1v) is 10.8. The normalized spacial score (nSPS) is 11.7. The molecule has 3 nitrogen and oxygen atoms in total. The van der Waals surface area contributed by atoms with Crippen molar-refractivity contribution >= 4 is 5.91 Å². The maximum Gasteiger partial charge on any atom is 0.220 e. The molecule has 0 aromatic carbocycles. The van der Waals surface area contributed by atoms with Crippen molar-refractivity contribution in [3.8, 4) is 0 Å². The van der Waals surface area contributed by atoms with Gasteiger partial charge < -0.3 is 10.1 Å². The van der Waals surface area contributed by atoms with Crippen LogP contribution in [0.1, 0.15) is 111 Å². The highest BCUT2D eigenvalue weighted by atomic mass is 16.5. The van der Waals surface area contributed by atoms with Gasteiger partial charge in [0.05, 0.1) is 6.61 Å². The molecule has 0 aliphatic rings. The average molecular weight is 356 g/mol. The van der Waals surface area contributed by atoms with Gasteiger partial charge in [0.2, 0.25) is 5.91 Å². The number of carbonyl (C=O) groups excluding carboxylic acids is 1. The minimum Gasteiger partial charge on any atom is -0.384 e. The summed E-state index contributed by atoms with van der Waals surface area (Å²) in [7, 11) is 1.71. The fraction of sp³-hybridized carbons (Fsp3) is 0.955. The van der Waals surface area contributed by atoms with Gasteiger partial charge in [0.15, 0.2) is 0 Å². The summed E-state index contributed by atoms with van der Waals surface area (Å²) in [4.78, 5) is 11.8. The number of hydrogen-bond acceptors (Lipinski definition) is 2. The fourth-order valence-electron chi connectivity index (χ4n) is 3.17. The number of hydrogen-bond donors (Lipinski definition) is 1. The Balaban J connectivity index is 3.29. The van der Waals surface area contributed by atoms with Crippen molar-refractivity contribution in [3.63, 3.8) is 0 Å². The van der Waals surface area contributed by atoms with E-state index in [0.29, 0.717) is 19.6 Å². The van der Waals surface area contributed by atoms with Gasteiger partial charge in [-0.05, 0) is 6.42 Å². The summed E-state index contributed by atoms with van der Waals surface area (Å²) in [5.74, 6) is 0.187. The van der Waals surface area contributed by atoms with E-state index in [-0.39, 0.29) is 11.3 Å². The summed E-state index contributed by atoms with van der Waals surface area (Å²) in [5, 5.41) is 3.03. The number of amides is 1. The Hall–Kier alpha value is -0.570. The van der Waals surface area contributed by atoms with E-state index < -0.39 is 0 Å². The summed E-state index contributed by atoms with van der Waals surface area (Å²) in [5.41, 5.74) is 0.0143. The van der Waals surface area contributed by atoms with Crippen molar-refractivity contribution in [3.05, 3.63) is 0 Å². The predicted octanol–water partition coefficient (Wildman–Crippen LogP) is 6.26. The van der Waals surface area contributed by atoms with Crippen molar-refractivity contribution < 1.29 is 9.53 Å². The molecule has 0 saturated heterocycles. The van der Waals surface area contributed by atoms with Crippen LogP contribution in [-0.2, 0) is 9.53 Å². The standard InChI is InChI=1S/C22H45NO2/c1-5-6-7-8-9-10-11-12-13-14-15-16-17-18-21(24)23-19-22(2,3)20-25-4/h5-20H2,1-4H3,(H,23,24). The highest BCUT2D eigenvalue weighted by Crippen LogP contribution is 2.14. The number of carbonyl (C=O) groups is 1. The van der Waals surface area contributed by atoms with Gasteiger partial charge in [-0.25, -0.2) is 0 Å². The zero-order chi connectivity index (χ0) is 18.8. The SMILES string of the molecule is CCCCCCCCCCCCCCCC(=O)NCC(C)(C)COC. The Morgan fingerprint density at radius 2 is 1.24 bits per heavy atom. The fourth-order valence-corrected chi connectivity index (χ4v) is 3.17. The minimum atomic E-state index is 0.0143. The van der Waals surface area contributed by atoms with Crippen LogP contribution in [0.25, 0.3) is 0 Å². The second kappa shape index (κ2) is 16.9. The van der Waals surface area contributed by atoms with Crippen LogP contribution in [0.5, 0.6) is 0 Å². The molecule has 0 heterocycles. The maximum absolute atomic E-state index is 11.8. The summed E-state index contributed by atoms with van der Waals surface area (Å²) >= 11 is 0. The lowest BCUT2D eigenvalue weighted by atomic mass is 9.95. The highest BCUT2D eigenvalue weighted by molar-refractivity contribution is 5.75. The average Bonchev–Trinajstić information content (AvgIpc) is 2.57. The van der Waals surface area contributed by atoms with Crippen LogP contribution in [0.3, 0.4) is 0 Å². The van der Waals surface area contributed by atoms with Crippen molar-refractivity contribution in [1.82, 2.24) is 5.32 Å². The number of ether oxygens (including phenoxy) is 1. The first-order valence-electron chi connectivity index (χ1n) is 10.8. The topological polar surface area (TPSA) is 38.3 Å². The van der Waals surface area contributed by atoms with E-state index in [1.807, 2.05) is 0 Å². The van der Waals surface area contributed by atoms with Crippen LogP contribution >= 0.6 is 0 Å².